The van der Waals surface area contributed by atoms with Crippen LogP contribution < -0.4 is 0 Å². The van der Waals surface area contributed by atoms with Gasteiger partial charge in [-0.15, -0.1) is 12.4 Å². The van der Waals surface area contributed by atoms with E-state index in [2.05, 4.69) is 34.3 Å². The first-order valence-electron chi connectivity index (χ1n) is 7.61. The van der Waals surface area contributed by atoms with Crippen molar-refractivity contribution in [2.75, 3.05) is 6.54 Å². The van der Waals surface area contributed by atoms with E-state index in [9.17, 15) is 10.0 Å². The van der Waals surface area contributed by atoms with Gasteiger partial charge in [0.2, 0.25) is 0 Å². The van der Waals surface area contributed by atoms with E-state index in [4.69, 9.17) is 0 Å². The smallest absolute Gasteiger partial charge is 0.166 e. The molecule has 4 rings (SSSR count). The zero-order valence-corrected chi connectivity index (χ0v) is 13.1. The molecule has 1 aliphatic carbocycles. The van der Waals surface area contributed by atoms with Gasteiger partial charge in [-0.2, -0.15) is 0 Å². The maximum absolute atomic E-state index is 12.2. The van der Waals surface area contributed by atoms with Crippen LogP contribution >= 0.6 is 12.4 Å². The topological polar surface area (TPSA) is 52.9 Å². The number of nitrogens with zero attached hydrogens (tertiary/aromatic N) is 2. The Labute approximate surface area is 135 Å². The Morgan fingerprint density at radius 3 is 2.82 bits per heavy atom. The van der Waals surface area contributed by atoms with Gasteiger partial charge < -0.3 is 10.1 Å². The number of ketones is 1. The van der Waals surface area contributed by atoms with Crippen molar-refractivity contribution in [2.24, 2.45) is 5.16 Å². The van der Waals surface area contributed by atoms with Crippen LogP contribution in [0.4, 0.5) is 0 Å². The summed E-state index contributed by atoms with van der Waals surface area (Å²) in [6.45, 7) is 0.951. The third kappa shape index (κ3) is 2.13. The van der Waals surface area contributed by atoms with Gasteiger partial charge in [-0.3, -0.25) is 4.79 Å². The lowest BCUT2D eigenvalue weighted by molar-refractivity contribution is -0.115. The van der Waals surface area contributed by atoms with Crippen molar-refractivity contribution >= 4 is 23.9 Å². The van der Waals surface area contributed by atoms with Gasteiger partial charge in [0.15, 0.2) is 5.78 Å². The van der Waals surface area contributed by atoms with Crippen LogP contribution in [0.25, 0.3) is 0 Å². The molecule has 0 radical (unpaired) electrons. The van der Waals surface area contributed by atoms with Crippen LogP contribution in [0.3, 0.4) is 0 Å². The first-order valence-corrected chi connectivity index (χ1v) is 7.61. The number of fused-ring (bicyclic) bond motifs is 4. The minimum absolute atomic E-state index is 0. The lowest BCUT2D eigenvalue weighted by Crippen LogP contribution is -2.43. The molecule has 3 aliphatic rings. The molecule has 0 bridgehead atoms. The Morgan fingerprint density at radius 2 is 2.00 bits per heavy atom. The largest absolute Gasteiger partial charge is 0.411 e. The summed E-state index contributed by atoms with van der Waals surface area (Å²) >= 11 is 0. The van der Waals surface area contributed by atoms with E-state index >= 15 is 0 Å². The normalized spacial score (nSPS) is 25.3. The van der Waals surface area contributed by atoms with Crippen molar-refractivity contribution < 1.29 is 10.0 Å². The lowest BCUT2D eigenvalue weighted by Gasteiger charge is -2.45. The fourth-order valence-electron chi connectivity index (χ4n) is 4.01. The van der Waals surface area contributed by atoms with Gasteiger partial charge in [-0.25, -0.2) is 0 Å². The molecule has 116 valence electrons. The fraction of sp³-hybridized carbons (Fsp3) is 0.412. The quantitative estimate of drug-likeness (QED) is 0.590. The van der Waals surface area contributed by atoms with Crippen LogP contribution in [0.1, 0.15) is 42.9 Å². The molecular weight excluding hydrogens is 300 g/mol. The van der Waals surface area contributed by atoms with Gasteiger partial charge in [-0.05, 0) is 30.4 Å². The fourth-order valence-corrected chi connectivity index (χ4v) is 4.01. The lowest BCUT2D eigenvalue weighted by atomic mass is 9.79. The number of oxime groups is 1. The van der Waals surface area contributed by atoms with Gasteiger partial charge in [-0.1, -0.05) is 29.4 Å². The molecule has 22 heavy (non-hydrogen) atoms. The molecule has 1 aromatic carbocycles. The Morgan fingerprint density at radius 1 is 1.18 bits per heavy atom. The van der Waals surface area contributed by atoms with E-state index < -0.39 is 0 Å². The van der Waals surface area contributed by atoms with E-state index in [-0.39, 0.29) is 24.2 Å². The molecule has 1 unspecified atom stereocenters. The first kappa shape index (κ1) is 15.1. The highest BCUT2D eigenvalue weighted by atomic mass is 35.5. The monoisotopic (exact) mass is 318 g/mol. The predicted molar refractivity (Wildman–Crippen MR) is 86.6 cm³/mol. The van der Waals surface area contributed by atoms with Gasteiger partial charge in [0.05, 0.1) is 17.3 Å². The van der Waals surface area contributed by atoms with Crippen molar-refractivity contribution in [2.45, 2.75) is 38.1 Å². The van der Waals surface area contributed by atoms with Crippen molar-refractivity contribution in [1.82, 2.24) is 4.90 Å². The van der Waals surface area contributed by atoms with Crippen molar-refractivity contribution in [3.05, 3.63) is 46.7 Å². The number of benzene rings is 1. The summed E-state index contributed by atoms with van der Waals surface area (Å²) in [6, 6.07) is 8.70. The molecule has 0 fully saturated rings. The average molecular weight is 319 g/mol. The molecule has 2 heterocycles. The first-order chi connectivity index (χ1) is 10.3. The van der Waals surface area contributed by atoms with Crippen LogP contribution in [-0.2, 0) is 11.2 Å². The Bertz CT molecular complexity index is 681. The number of carbonyl (C=O) groups excluding carboxylic acids is 1. The number of allylic oxidation sites excluding steroid dienone is 2. The summed E-state index contributed by atoms with van der Waals surface area (Å²) in [7, 11) is 0. The third-order valence-corrected chi connectivity index (χ3v) is 4.94. The number of hydrogen-bond donors (Lipinski definition) is 1. The van der Waals surface area contributed by atoms with E-state index in [0.717, 1.165) is 31.5 Å². The van der Waals surface area contributed by atoms with Gasteiger partial charge >= 0.3 is 0 Å². The molecule has 1 N–H and O–H groups in total. The summed E-state index contributed by atoms with van der Waals surface area (Å²) in [5, 5.41) is 12.8. The molecule has 0 aromatic heterocycles. The Kier molecular flexibility index (Phi) is 3.96. The Balaban J connectivity index is 0.00000144. The summed E-state index contributed by atoms with van der Waals surface area (Å²) in [5.74, 6) is 0.140. The molecule has 4 nitrogen and oxygen atoms in total. The maximum Gasteiger partial charge on any atom is 0.166 e. The Hall–Kier alpha value is -1.81. The molecule has 2 aliphatic heterocycles. The van der Waals surface area contributed by atoms with Crippen LogP contribution in [0, 0.1) is 0 Å². The highest BCUT2D eigenvalue weighted by Crippen LogP contribution is 2.43. The summed E-state index contributed by atoms with van der Waals surface area (Å²) in [6.07, 6.45) is 4.04. The molecule has 0 saturated carbocycles. The summed E-state index contributed by atoms with van der Waals surface area (Å²) in [5.41, 5.74) is 5.06. The standard InChI is InChI=1S/C17H18N2O2.ClH/c20-16-7-3-6-14-17(16)13(18-21)10-15-12-5-2-1-4-11(12)8-9-19(14)15;/h1-2,4-5,15,21H,3,6-10H2;1H/b18-13+;. The maximum atomic E-state index is 12.2. The molecule has 0 amide bonds. The van der Waals surface area contributed by atoms with E-state index in [1.54, 1.807) is 0 Å². The zero-order valence-electron chi connectivity index (χ0n) is 12.3. The third-order valence-electron chi connectivity index (χ3n) is 4.94. The van der Waals surface area contributed by atoms with Crippen LogP contribution in [0.2, 0.25) is 0 Å². The average Bonchev–Trinajstić information content (AvgIpc) is 2.54. The predicted octanol–water partition coefficient (Wildman–Crippen LogP) is 3.25. The highest BCUT2D eigenvalue weighted by Gasteiger charge is 2.39. The highest BCUT2D eigenvalue weighted by molar-refractivity contribution is 6.23. The number of halogens is 1. The molecule has 5 heteroatoms. The van der Waals surface area contributed by atoms with Crippen LogP contribution in [0.15, 0.2) is 40.7 Å². The molecule has 0 saturated heterocycles. The number of Topliss-reactive ketones (excluding diaryl/α,β-unsaturated/α-hetero) is 1. The molecule has 0 spiro atoms. The summed E-state index contributed by atoms with van der Waals surface area (Å²) in [4.78, 5) is 14.6. The van der Waals surface area contributed by atoms with Gasteiger partial charge in [0, 0.05) is 25.1 Å². The van der Waals surface area contributed by atoms with E-state index in [1.807, 2.05) is 0 Å². The number of rotatable bonds is 0. The minimum Gasteiger partial charge on any atom is -0.411 e. The second-order valence-corrected chi connectivity index (χ2v) is 6.01. The second-order valence-electron chi connectivity index (χ2n) is 6.01. The van der Waals surface area contributed by atoms with Crippen LogP contribution in [-0.4, -0.2) is 28.1 Å². The molecular formula is C17H19ClN2O2. The van der Waals surface area contributed by atoms with Crippen molar-refractivity contribution in [3.8, 4) is 0 Å². The van der Waals surface area contributed by atoms with Crippen LogP contribution in [0.5, 0.6) is 0 Å². The number of carbonyl (C=O) groups is 1. The minimum atomic E-state index is 0. The van der Waals surface area contributed by atoms with Crippen molar-refractivity contribution in [3.63, 3.8) is 0 Å². The molecule has 1 atom stereocenters. The van der Waals surface area contributed by atoms with Gasteiger partial charge in [0.25, 0.3) is 0 Å². The SMILES string of the molecule is Cl.O=C1CCCC2=C1/C(=N/O)CC1c3ccccc3CCN21. The van der Waals surface area contributed by atoms with Crippen molar-refractivity contribution in [1.29, 1.82) is 0 Å². The number of hydrogen-bond acceptors (Lipinski definition) is 4. The van der Waals surface area contributed by atoms with Gasteiger partial charge in [0.1, 0.15) is 0 Å². The molecule has 1 aromatic rings. The summed E-state index contributed by atoms with van der Waals surface area (Å²) < 4.78 is 0. The second kappa shape index (κ2) is 5.76. The van der Waals surface area contributed by atoms with E-state index in [0.29, 0.717) is 24.1 Å². The zero-order chi connectivity index (χ0) is 14.4. The van der Waals surface area contributed by atoms with E-state index in [1.165, 1.54) is 11.1 Å².